The predicted octanol–water partition coefficient (Wildman–Crippen LogP) is 3.14. The van der Waals surface area contributed by atoms with E-state index in [9.17, 15) is 9.90 Å². The molecule has 1 amide bonds. The third-order valence-electron chi connectivity index (χ3n) is 3.58. The molecule has 118 valence electrons. The first kappa shape index (κ1) is 15.6. The SMILES string of the molecule is Cc1ccc(O)c(Br)c1-n1c(N)c(C(N)=O)c2cc(Cl)cnc21. The molecule has 3 aromatic rings. The van der Waals surface area contributed by atoms with Crippen LogP contribution in [0.25, 0.3) is 16.7 Å². The highest BCUT2D eigenvalue weighted by Gasteiger charge is 2.24. The lowest BCUT2D eigenvalue weighted by molar-refractivity contribution is 0.100. The van der Waals surface area contributed by atoms with Crippen molar-refractivity contribution in [3.8, 4) is 11.4 Å². The molecule has 0 saturated carbocycles. The summed E-state index contributed by atoms with van der Waals surface area (Å²) in [6.45, 7) is 1.85. The Kier molecular flexibility index (Phi) is 3.69. The van der Waals surface area contributed by atoms with E-state index < -0.39 is 5.91 Å². The van der Waals surface area contributed by atoms with Gasteiger partial charge >= 0.3 is 0 Å². The molecule has 0 aliphatic heterocycles. The number of nitrogens with zero attached hydrogens (tertiary/aromatic N) is 2. The summed E-state index contributed by atoms with van der Waals surface area (Å²) in [5.41, 5.74) is 13.6. The molecule has 0 spiro atoms. The first-order valence-corrected chi connectivity index (χ1v) is 7.73. The van der Waals surface area contributed by atoms with Crippen LogP contribution in [0.4, 0.5) is 5.82 Å². The highest BCUT2D eigenvalue weighted by molar-refractivity contribution is 9.10. The minimum absolute atomic E-state index is 0.0430. The van der Waals surface area contributed by atoms with Crippen molar-refractivity contribution in [2.75, 3.05) is 5.73 Å². The standard InChI is InChI=1S/C15H12BrClN4O2/c1-6-2-3-9(22)11(16)12(6)21-13(18)10(14(19)23)8-4-7(17)5-20-15(8)21/h2-5,22H,18H2,1H3,(H2,19,23). The predicted molar refractivity (Wildman–Crippen MR) is 93.1 cm³/mol. The van der Waals surface area contributed by atoms with Gasteiger partial charge in [0, 0.05) is 11.6 Å². The van der Waals surface area contributed by atoms with Crippen molar-refractivity contribution in [2.24, 2.45) is 5.73 Å². The Balaban J connectivity index is 2.52. The minimum atomic E-state index is -0.677. The lowest BCUT2D eigenvalue weighted by Gasteiger charge is -2.14. The second-order valence-corrected chi connectivity index (χ2v) is 6.28. The number of phenols is 1. The first-order chi connectivity index (χ1) is 10.8. The number of hydrogen-bond acceptors (Lipinski definition) is 4. The quantitative estimate of drug-likeness (QED) is 0.619. The van der Waals surface area contributed by atoms with Crippen LogP contribution < -0.4 is 11.5 Å². The van der Waals surface area contributed by atoms with Gasteiger partial charge in [-0.3, -0.25) is 9.36 Å². The number of carbonyl (C=O) groups excluding carboxylic acids is 1. The van der Waals surface area contributed by atoms with Crippen LogP contribution in [0.2, 0.25) is 5.02 Å². The van der Waals surface area contributed by atoms with E-state index in [1.54, 1.807) is 22.8 Å². The fourth-order valence-corrected chi connectivity index (χ4v) is 3.35. The van der Waals surface area contributed by atoms with E-state index >= 15 is 0 Å². The van der Waals surface area contributed by atoms with Crippen molar-refractivity contribution in [3.63, 3.8) is 0 Å². The first-order valence-electron chi connectivity index (χ1n) is 6.56. The van der Waals surface area contributed by atoms with Crippen molar-refractivity contribution in [1.82, 2.24) is 9.55 Å². The maximum atomic E-state index is 11.8. The van der Waals surface area contributed by atoms with Gasteiger partial charge in [0.25, 0.3) is 5.91 Å². The number of primary amides is 1. The third kappa shape index (κ3) is 2.32. The van der Waals surface area contributed by atoms with Crippen LogP contribution in [-0.4, -0.2) is 20.6 Å². The van der Waals surface area contributed by atoms with E-state index in [2.05, 4.69) is 20.9 Å². The summed E-state index contributed by atoms with van der Waals surface area (Å²) >= 11 is 9.33. The molecule has 0 radical (unpaired) electrons. The van der Waals surface area contributed by atoms with Gasteiger partial charge in [0.1, 0.15) is 17.2 Å². The number of benzene rings is 1. The van der Waals surface area contributed by atoms with Crippen molar-refractivity contribution >= 4 is 50.3 Å². The summed E-state index contributed by atoms with van der Waals surface area (Å²) in [6.07, 6.45) is 1.45. The van der Waals surface area contributed by atoms with Gasteiger partial charge < -0.3 is 16.6 Å². The van der Waals surface area contributed by atoms with Crippen molar-refractivity contribution in [2.45, 2.75) is 6.92 Å². The second kappa shape index (κ2) is 5.43. The number of aromatic hydroxyl groups is 1. The average Bonchev–Trinajstić information content (AvgIpc) is 2.75. The second-order valence-electron chi connectivity index (χ2n) is 5.05. The number of hydrogen-bond donors (Lipinski definition) is 3. The third-order valence-corrected chi connectivity index (χ3v) is 4.57. The number of nitrogen functional groups attached to an aromatic ring is 1. The molecule has 1 aromatic carbocycles. The topological polar surface area (TPSA) is 107 Å². The molecule has 0 saturated heterocycles. The van der Waals surface area contributed by atoms with E-state index in [1.165, 1.54) is 6.20 Å². The van der Waals surface area contributed by atoms with E-state index in [4.69, 9.17) is 23.1 Å². The van der Waals surface area contributed by atoms with Crippen LogP contribution in [-0.2, 0) is 0 Å². The maximum absolute atomic E-state index is 11.8. The number of pyridine rings is 1. The Labute approximate surface area is 144 Å². The Morgan fingerprint density at radius 3 is 2.78 bits per heavy atom. The molecular weight excluding hydrogens is 384 g/mol. The molecule has 0 bridgehead atoms. The number of aromatic nitrogens is 2. The molecule has 0 fully saturated rings. The molecule has 2 heterocycles. The Morgan fingerprint density at radius 1 is 1.43 bits per heavy atom. The van der Waals surface area contributed by atoms with Crippen LogP contribution >= 0.6 is 27.5 Å². The molecule has 6 nitrogen and oxygen atoms in total. The van der Waals surface area contributed by atoms with Crippen molar-refractivity contribution in [1.29, 1.82) is 0 Å². The molecular formula is C15H12BrClN4O2. The lowest BCUT2D eigenvalue weighted by Crippen LogP contribution is -2.14. The smallest absolute Gasteiger partial charge is 0.253 e. The zero-order valence-corrected chi connectivity index (χ0v) is 14.3. The summed E-state index contributed by atoms with van der Waals surface area (Å²) in [7, 11) is 0. The number of rotatable bonds is 2. The van der Waals surface area contributed by atoms with Gasteiger partial charge in [-0.05, 0) is 40.5 Å². The van der Waals surface area contributed by atoms with Gasteiger partial charge in [0.05, 0.1) is 20.7 Å². The van der Waals surface area contributed by atoms with E-state index in [1.807, 2.05) is 6.92 Å². The van der Waals surface area contributed by atoms with Gasteiger partial charge in [-0.1, -0.05) is 17.7 Å². The van der Waals surface area contributed by atoms with Gasteiger partial charge in [-0.2, -0.15) is 0 Å². The molecule has 8 heteroatoms. The number of amides is 1. The van der Waals surface area contributed by atoms with Crippen LogP contribution in [0.15, 0.2) is 28.9 Å². The number of aryl methyl sites for hydroxylation is 1. The van der Waals surface area contributed by atoms with Crippen LogP contribution in [0.5, 0.6) is 5.75 Å². The fraction of sp³-hybridized carbons (Fsp3) is 0.0667. The molecule has 0 aliphatic rings. The number of nitrogens with two attached hydrogens (primary N) is 2. The Morgan fingerprint density at radius 2 is 2.13 bits per heavy atom. The zero-order chi connectivity index (χ0) is 16.9. The van der Waals surface area contributed by atoms with Gasteiger partial charge in [-0.25, -0.2) is 4.98 Å². The molecule has 0 atom stereocenters. The van der Waals surface area contributed by atoms with Gasteiger partial charge in [0.15, 0.2) is 0 Å². The molecule has 5 N–H and O–H groups in total. The molecule has 3 rings (SSSR count). The summed E-state index contributed by atoms with van der Waals surface area (Å²) < 4.78 is 2.01. The minimum Gasteiger partial charge on any atom is -0.507 e. The van der Waals surface area contributed by atoms with E-state index in [0.717, 1.165) is 5.56 Å². The van der Waals surface area contributed by atoms with Crippen molar-refractivity contribution < 1.29 is 9.90 Å². The largest absolute Gasteiger partial charge is 0.507 e. The van der Waals surface area contributed by atoms with E-state index in [0.29, 0.717) is 26.2 Å². The summed E-state index contributed by atoms with van der Waals surface area (Å²) in [6, 6.07) is 4.88. The lowest BCUT2D eigenvalue weighted by atomic mass is 10.2. The summed E-state index contributed by atoms with van der Waals surface area (Å²) in [4.78, 5) is 16.1. The maximum Gasteiger partial charge on any atom is 0.253 e. The van der Waals surface area contributed by atoms with Crippen LogP contribution in [0.1, 0.15) is 15.9 Å². The monoisotopic (exact) mass is 394 g/mol. The van der Waals surface area contributed by atoms with Crippen LogP contribution in [0.3, 0.4) is 0 Å². The highest BCUT2D eigenvalue weighted by Crippen LogP contribution is 2.38. The molecule has 23 heavy (non-hydrogen) atoms. The highest BCUT2D eigenvalue weighted by atomic mass is 79.9. The Bertz CT molecular complexity index is 968. The molecule has 2 aromatic heterocycles. The van der Waals surface area contributed by atoms with Crippen LogP contribution in [0, 0.1) is 6.92 Å². The Hall–Kier alpha value is -2.25. The fourth-order valence-electron chi connectivity index (χ4n) is 2.57. The molecule has 0 unspecified atom stereocenters. The number of halogens is 2. The van der Waals surface area contributed by atoms with Gasteiger partial charge in [0.2, 0.25) is 0 Å². The summed E-state index contributed by atoms with van der Waals surface area (Å²) in [5, 5.41) is 10.8. The molecule has 0 aliphatic carbocycles. The number of anilines is 1. The average molecular weight is 396 g/mol. The normalized spacial score (nSPS) is 11.1. The number of fused-ring (bicyclic) bond motifs is 1. The van der Waals surface area contributed by atoms with Crippen molar-refractivity contribution in [3.05, 3.63) is 45.0 Å². The zero-order valence-electron chi connectivity index (χ0n) is 12.0. The number of carbonyl (C=O) groups is 1. The number of phenolic OH excluding ortho intramolecular Hbond substituents is 1. The van der Waals surface area contributed by atoms with Gasteiger partial charge in [-0.15, -0.1) is 0 Å². The van der Waals surface area contributed by atoms with E-state index in [-0.39, 0.29) is 17.1 Å². The summed E-state index contributed by atoms with van der Waals surface area (Å²) in [5.74, 6) is -0.498.